The number of allylic oxidation sites excluding steroid dienone is 1. The highest BCUT2D eigenvalue weighted by Crippen LogP contribution is 2.27. The van der Waals surface area contributed by atoms with Crippen LogP contribution in [-0.2, 0) is 6.42 Å². The van der Waals surface area contributed by atoms with E-state index in [0.29, 0.717) is 12.0 Å². The van der Waals surface area contributed by atoms with E-state index in [1.165, 1.54) is 25.0 Å². The van der Waals surface area contributed by atoms with Gasteiger partial charge in [0.1, 0.15) is 5.82 Å². The topological polar surface area (TPSA) is 20.3 Å². The first-order valence-electron chi connectivity index (χ1n) is 6.02. The molecule has 0 bridgehead atoms. The standard InChI is InChI=1S/C14H14FNO/c15-12-3-4-13-10(8-12)7-11(14(13)17)9-16-5-1-2-6-16/h3-4,8-9H,1-2,5-7H2. The predicted octanol–water partition coefficient (Wildman–Crippen LogP) is 2.54. The second kappa shape index (κ2) is 3.99. The highest BCUT2D eigenvalue weighted by molar-refractivity contribution is 6.13. The molecule has 0 atom stereocenters. The molecule has 1 aliphatic heterocycles. The number of benzene rings is 1. The van der Waals surface area contributed by atoms with Crippen LogP contribution in [0.1, 0.15) is 28.8 Å². The molecule has 0 saturated carbocycles. The second-order valence-electron chi connectivity index (χ2n) is 4.70. The summed E-state index contributed by atoms with van der Waals surface area (Å²) in [6, 6.07) is 4.42. The molecule has 1 heterocycles. The van der Waals surface area contributed by atoms with E-state index in [-0.39, 0.29) is 11.6 Å². The molecule has 1 aliphatic carbocycles. The molecule has 0 amide bonds. The van der Waals surface area contributed by atoms with Crippen molar-refractivity contribution in [3.8, 4) is 0 Å². The maximum absolute atomic E-state index is 13.1. The van der Waals surface area contributed by atoms with Crippen molar-refractivity contribution in [2.45, 2.75) is 19.3 Å². The summed E-state index contributed by atoms with van der Waals surface area (Å²) in [5, 5.41) is 0. The van der Waals surface area contributed by atoms with Gasteiger partial charge in [0.25, 0.3) is 0 Å². The van der Waals surface area contributed by atoms with Gasteiger partial charge in [-0.25, -0.2) is 4.39 Å². The maximum Gasteiger partial charge on any atom is 0.191 e. The Morgan fingerprint density at radius 1 is 1.24 bits per heavy atom. The first-order valence-corrected chi connectivity index (χ1v) is 6.02. The maximum atomic E-state index is 13.1. The molecule has 3 rings (SSSR count). The summed E-state index contributed by atoms with van der Waals surface area (Å²) in [5.41, 5.74) is 2.28. The number of nitrogens with zero attached hydrogens (tertiary/aromatic N) is 1. The minimum absolute atomic E-state index is 0.0619. The van der Waals surface area contributed by atoms with Gasteiger partial charge in [0.15, 0.2) is 5.78 Å². The van der Waals surface area contributed by atoms with Gasteiger partial charge in [-0.15, -0.1) is 0 Å². The Bertz CT molecular complexity index is 501. The quantitative estimate of drug-likeness (QED) is 0.692. The van der Waals surface area contributed by atoms with Crippen molar-refractivity contribution >= 4 is 5.78 Å². The van der Waals surface area contributed by atoms with Crippen LogP contribution in [0, 0.1) is 5.82 Å². The second-order valence-corrected chi connectivity index (χ2v) is 4.70. The lowest BCUT2D eigenvalue weighted by Gasteiger charge is -2.11. The van der Waals surface area contributed by atoms with Crippen molar-refractivity contribution in [3.05, 3.63) is 46.9 Å². The van der Waals surface area contributed by atoms with Crippen molar-refractivity contribution in [3.63, 3.8) is 0 Å². The highest BCUT2D eigenvalue weighted by atomic mass is 19.1. The summed E-state index contributed by atoms with van der Waals surface area (Å²) in [6.07, 6.45) is 4.93. The Hall–Kier alpha value is -1.64. The number of Topliss-reactive ketones (excluding diaryl/α,β-unsaturated/α-hetero) is 1. The zero-order chi connectivity index (χ0) is 11.8. The molecule has 0 unspecified atom stereocenters. The summed E-state index contributed by atoms with van der Waals surface area (Å²) in [7, 11) is 0. The number of hydrogen-bond donors (Lipinski definition) is 0. The number of carbonyl (C=O) groups excluding carboxylic acids is 1. The normalized spacial score (nSPS) is 21.4. The molecule has 1 aromatic rings. The van der Waals surface area contributed by atoms with Gasteiger partial charge in [0.2, 0.25) is 0 Å². The van der Waals surface area contributed by atoms with Crippen molar-refractivity contribution in [2.75, 3.05) is 13.1 Å². The van der Waals surface area contributed by atoms with E-state index in [0.717, 1.165) is 24.2 Å². The van der Waals surface area contributed by atoms with E-state index in [4.69, 9.17) is 0 Å². The fourth-order valence-electron chi connectivity index (χ4n) is 2.58. The first-order chi connectivity index (χ1) is 8.24. The molecule has 1 saturated heterocycles. The third-order valence-corrected chi connectivity index (χ3v) is 3.46. The van der Waals surface area contributed by atoms with Crippen molar-refractivity contribution in [1.29, 1.82) is 0 Å². The summed E-state index contributed by atoms with van der Waals surface area (Å²) in [4.78, 5) is 14.3. The number of rotatable bonds is 1. The Kier molecular flexibility index (Phi) is 2.46. The Morgan fingerprint density at radius 3 is 2.76 bits per heavy atom. The van der Waals surface area contributed by atoms with Crippen LogP contribution in [0.3, 0.4) is 0 Å². The van der Waals surface area contributed by atoms with Crippen LogP contribution in [0.25, 0.3) is 0 Å². The number of halogens is 1. The smallest absolute Gasteiger partial charge is 0.191 e. The number of fused-ring (bicyclic) bond motifs is 1. The molecule has 1 fully saturated rings. The van der Waals surface area contributed by atoms with Crippen LogP contribution in [0.15, 0.2) is 30.0 Å². The largest absolute Gasteiger partial charge is 0.377 e. The number of likely N-dealkylation sites (tertiary alicyclic amines) is 1. The third kappa shape index (κ3) is 1.86. The average Bonchev–Trinajstić information content (AvgIpc) is 2.89. The lowest BCUT2D eigenvalue weighted by atomic mass is 10.1. The van der Waals surface area contributed by atoms with Gasteiger partial charge in [-0.2, -0.15) is 0 Å². The molecule has 2 nitrogen and oxygen atoms in total. The van der Waals surface area contributed by atoms with E-state index in [9.17, 15) is 9.18 Å². The minimum Gasteiger partial charge on any atom is -0.377 e. The minimum atomic E-state index is -0.265. The molecule has 0 N–H and O–H groups in total. The highest BCUT2D eigenvalue weighted by Gasteiger charge is 2.26. The molecule has 0 spiro atoms. The summed E-state index contributed by atoms with van der Waals surface area (Å²) in [6.45, 7) is 2.06. The molecule has 17 heavy (non-hydrogen) atoms. The Balaban J connectivity index is 1.90. The van der Waals surface area contributed by atoms with Crippen LogP contribution >= 0.6 is 0 Å². The molecule has 1 aromatic carbocycles. The third-order valence-electron chi connectivity index (χ3n) is 3.46. The Morgan fingerprint density at radius 2 is 2.00 bits per heavy atom. The van der Waals surface area contributed by atoms with E-state index in [2.05, 4.69) is 4.90 Å². The lowest BCUT2D eigenvalue weighted by molar-refractivity contribution is 0.103. The molecule has 3 heteroatoms. The monoisotopic (exact) mass is 231 g/mol. The number of ketones is 1. The SMILES string of the molecule is O=C1C(=CN2CCCC2)Cc2cc(F)ccc21. The van der Waals surface area contributed by atoms with Gasteiger partial charge in [0.05, 0.1) is 0 Å². The van der Waals surface area contributed by atoms with Gasteiger partial charge in [-0.3, -0.25) is 4.79 Å². The summed E-state index contributed by atoms with van der Waals surface area (Å²) in [5.74, 6) is -0.203. The molecule has 0 radical (unpaired) electrons. The van der Waals surface area contributed by atoms with Gasteiger partial charge < -0.3 is 4.90 Å². The van der Waals surface area contributed by atoms with Gasteiger partial charge >= 0.3 is 0 Å². The molecule has 88 valence electrons. The van der Waals surface area contributed by atoms with Crippen LogP contribution in [-0.4, -0.2) is 23.8 Å². The van der Waals surface area contributed by atoms with Gasteiger partial charge in [0, 0.05) is 36.8 Å². The van der Waals surface area contributed by atoms with Crippen LogP contribution in [0.4, 0.5) is 4.39 Å². The van der Waals surface area contributed by atoms with Crippen LogP contribution in [0.5, 0.6) is 0 Å². The van der Waals surface area contributed by atoms with Gasteiger partial charge in [-0.05, 0) is 36.6 Å². The van der Waals surface area contributed by atoms with E-state index in [1.54, 1.807) is 6.07 Å². The fraction of sp³-hybridized carbons (Fsp3) is 0.357. The van der Waals surface area contributed by atoms with E-state index in [1.807, 2.05) is 6.20 Å². The fourth-order valence-corrected chi connectivity index (χ4v) is 2.58. The molecular weight excluding hydrogens is 217 g/mol. The molecule has 2 aliphatic rings. The number of carbonyl (C=O) groups is 1. The molecular formula is C14H14FNO. The first kappa shape index (κ1) is 10.5. The average molecular weight is 231 g/mol. The van der Waals surface area contributed by atoms with E-state index >= 15 is 0 Å². The predicted molar refractivity (Wildman–Crippen MR) is 63.3 cm³/mol. The van der Waals surface area contributed by atoms with Crippen molar-refractivity contribution < 1.29 is 9.18 Å². The summed E-state index contributed by atoms with van der Waals surface area (Å²) < 4.78 is 13.1. The molecule has 0 aromatic heterocycles. The number of hydrogen-bond acceptors (Lipinski definition) is 2. The van der Waals surface area contributed by atoms with Crippen molar-refractivity contribution in [1.82, 2.24) is 4.90 Å². The van der Waals surface area contributed by atoms with E-state index < -0.39 is 0 Å². The van der Waals surface area contributed by atoms with Crippen molar-refractivity contribution in [2.24, 2.45) is 0 Å². The summed E-state index contributed by atoms with van der Waals surface area (Å²) >= 11 is 0. The zero-order valence-electron chi connectivity index (χ0n) is 9.58. The van der Waals surface area contributed by atoms with Crippen LogP contribution < -0.4 is 0 Å². The lowest BCUT2D eigenvalue weighted by Crippen LogP contribution is -2.13. The van der Waals surface area contributed by atoms with Gasteiger partial charge in [-0.1, -0.05) is 0 Å². The Labute approximate surface area is 99.7 Å². The van der Waals surface area contributed by atoms with Crippen LogP contribution in [0.2, 0.25) is 0 Å². The zero-order valence-corrected chi connectivity index (χ0v) is 9.58.